The van der Waals surface area contributed by atoms with E-state index in [1.807, 2.05) is 6.92 Å². The minimum atomic E-state index is -0.747. The monoisotopic (exact) mass is 276 g/mol. The van der Waals surface area contributed by atoms with Crippen LogP contribution < -0.4 is 15.3 Å². The molecule has 0 N–H and O–H groups in total. The highest BCUT2D eigenvalue weighted by Crippen LogP contribution is 2.24. The van der Waals surface area contributed by atoms with Crippen LogP contribution in [0.5, 0.6) is 11.5 Å². The largest absolute Gasteiger partial charge is 0.519 e. The molecule has 0 fully saturated rings. The molecule has 106 valence electrons. The maximum atomic E-state index is 11.2. The van der Waals surface area contributed by atoms with Crippen molar-refractivity contribution in [2.45, 2.75) is 19.8 Å². The molecule has 1 aromatic heterocycles. The van der Waals surface area contributed by atoms with Gasteiger partial charge >= 0.3 is 5.82 Å². The molecular weight excluding hydrogens is 260 g/mol. The summed E-state index contributed by atoms with van der Waals surface area (Å²) in [5, 5.41) is 0. The summed E-state index contributed by atoms with van der Waals surface area (Å²) in [5.41, 5.74) is 0. The van der Waals surface area contributed by atoms with Gasteiger partial charge in [0.05, 0.1) is 7.11 Å². The van der Waals surface area contributed by atoms with Crippen LogP contribution in [0.4, 0.5) is 0 Å². The minimum absolute atomic E-state index is 0.240. The molecule has 1 heterocycles. The van der Waals surface area contributed by atoms with Crippen molar-refractivity contribution in [2.75, 3.05) is 7.11 Å². The number of methoxy groups -OCH3 is 1. The zero-order valence-corrected chi connectivity index (χ0v) is 11.5. The van der Waals surface area contributed by atoms with Crippen LogP contribution in [0.25, 0.3) is 5.76 Å². The molecule has 5 nitrogen and oxygen atoms in total. The van der Waals surface area contributed by atoms with Gasteiger partial charge in [-0.25, -0.2) is 4.79 Å². The van der Waals surface area contributed by atoms with Gasteiger partial charge in [-0.2, -0.15) is 0 Å². The Hall–Kier alpha value is -2.43. The fourth-order valence-corrected chi connectivity index (χ4v) is 1.74. The van der Waals surface area contributed by atoms with Crippen LogP contribution in [0.2, 0.25) is 0 Å². The molecule has 0 aliphatic rings. The number of rotatable bonds is 6. The van der Waals surface area contributed by atoms with E-state index in [0.717, 1.165) is 12.2 Å². The van der Waals surface area contributed by atoms with Gasteiger partial charge < -0.3 is 18.3 Å². The molecule has 0 bridgehead atoms. The van der Waals surface area contributed by atoms with E-state index in [-0.39, 0.29) is 11.5 Å². The summed E-state index contributed by atoms with van der Waals surface area (Å²) in [6.07, 6.45) is 1.41. The van der Waals surface area contributed by atoms with Gasteiger partial charge in [0.2, 0.25) is 5.76 Å². The highest BCUT2D eigenvalue weighted by Gasteiger charge is 2.17. The second kappa shape index (κ2) is 6.14. The Bertz CT molecular complexity index is 633. The van der Waals surface area contributed by atoms with Crippen molar-refractivity contribution in [1.29, 1.82) is 0 Å². The molecule has 0 amide bonds. The fraction of sp³-hybridized carbons (Fsp3) is 0.267. The number of ether oxygens (including phenoxy) is 2. The van der Waals surface area contributed by atoms with E-state index in [2.05, 4.69) is 6.58 Å². The summed E-state index contributed by atoms with van der Waals surface area (Å²) in [4.78, 5) is 11.2. The summed E-state index contributed by atoms with van der Waals surface area (Å²) < 4.78 is 20.6. The predicted octanol–water partition coefficient (Wildman–Crippen LogP) is 3.24. The highest BCUT2D eigenvalue weighted by atomic mass is 16.6. The van der Waals surface area contributed by atoms with E-state index in [9.17, 15) is 4.79 Å². The van der Waals surface area contributed by atoms with E-state index in [1.54, 1.807) is 31.4 Å². The van der Waals surface area contributed by atoms with Crippen molar-refractivity contribution in [2.24, 2.45) is 0 Å². The number of hydrogen-bond acceptors (Lipinski definition) is 5. The van der Waals surface area contributed by atoms with E-state index in [4.69, 9.17) is 18.3 Å². The van der Waals surface area contributed by atoms with Gasteiger partial charge in [-0.1, -0.05) is 13.5 Å². The maximum absolute atomic E-state index is 11.2. The average molecular weight is 276 g/mol. The van der Waals surface area contributed by atoms with Crippen LogP contribution in [0.3, 0.4) is 0 Å². The van der Waals surface area contributed by atoms with Gasteiger partial charge in [-0.15, -0.1) is 0 Å². The van der Waals surface area contributed by atoms with Crippen LogP contribution in [0, 0.1) is 0 Å². The number of aryl methyl sites for hydroxylation is 1. The molecule has 20 heavy (non-hydrogen) atoms. The Morgan fingerprint density at radius 3 is 2.45 bits per heavy atom. The van der Waals surface area contributed by atoms with E-state index in [1.165, 1.54) is 0 Å². The first-order valence-electron chi connectivity index (χ1n) is 6.28. The molecule has 0 unspecified atom stereocenters. The lowest BCUT2D eigenvalue weighted by atomic mass is 10.2. The summed E-state index contributed by atoms with van der Waals surface area (Å²) in [6.45, 7) is 5.75. The van der Waals surface area contributed by atoms with Crippen LogP contribution in [-0.2, 0) is 6.42 Å². The first-order valence-corrected chi connectivity index (χ1v) is 6.28. The van der Waals surface area contributed by atoms with Crippen molar-refractivity contribution >= 4 is 5.76 Å². The smallest absolute Gasteiger partial charge is 0.497 e. The average Bonchev–Trinajstić information content (AvgIpc) is 2.81. The third-order valence-electron chi connectivity index (χ3n) is 2.68. The van der Waals surface area contributed by atoms with E-state index >= 15 is 0 Å². The predicted molar refractivity (Wildman–Crippen MR) is 73.9 cm³/mol. The molecule has 1 aromatic carbocycles. The Balaban J connectivity index is 2.16. The van der Waals surface area contributed by atoms with Gasteiger partial charge in [0.15, 0.2) is 11.5 Å². The van der Waals surface area contributed by atoms with Crippen molar-refractivity contribution in [3.63, 3.8) is 0 Å². The summed E-state index contributed by atoms with van der Waals surface area (Å²) >= 11 is 0. The van der Waals surface area contributed by atoms with Crippen LogP contribution in [0.1, 0.15) is 24.9 Å². The quantitative estimate of drug-likeness (QED) is 0.758. The Labute approximate surface area is 116 Å². The van der Waals surface area contributed by atoms with Gasteiger partial charge in [-0.05, 0) is 30.7 Å². The SMILES string of the molecule is C=C(Oc1ccc(OC)cc1)c1oc(=O)oc1CCC. The highest BCUT2D eigenvalue weighted by molar-refractivity contribution is 5.56. The first-order chi connectivity index (χ1) is 9.63. The second-order valence-corrected chi connectivity index (χ2v) is 4.16. The number of benzene rings is 1. The third-order valence-corrected chi connectivity index (χ3v) is 2.68. The molecule has 2 aromatic rings. The molecule has 0 saturated carbocycles. The molecule has 0 radical (unpaired) electrons. The lowest BCUT2D eigenvalue weighted by Gasteiger charge is -2.07. The summed E-state index contributed by atoms with van der Waals surface area (Å²) in [5.74, 6) is 1.50. The fourth-order valence-electron chi connectivity index (χ4n) is 1.74. The third kappa shape index (κ3) is 3.12. The Kier molecular flexibility index (Phi) is 4.30. The van der Waals surface area contributed by atoms with E-state index in [0.29, 0.717) is 17.9 Å². The van der Waals surface area contributed by atoms with Crippen molar-refractivity contribution in [1.82, 2.24) is 0 Å². The van der Waals surface area contributed by atoms with Gasteiger partial charge in [0, 0.05) is 6.42 Å². The summed E-state index contributed by atoms with van der Waals surface area (Å²) in [7, 11) is 1.59. The zero-order valence-electron chi connectivity index (χ0n) is 11.5. The molecule has 5 heteroatoms. The van der Waals surface area contributed by atoms with Crippen molar-refractivity contribution < 1.29 is 18.3 Å². The van der Waals surface area contributed by atoms with Crippen LogP contribution in [-0.4, -0.2) is 7.11 Å². The van der Waals surface area contributed by atoms with Crippen molar-refractivity contribution in [3.05, 3.63) is 53.0 Å². The van der Waals surface area contributed by atoms with Gasteiger partial charge in [-0.3, -0.25) is 0 Å². The molecule has 0 spiro atoms. The summed E-state index contributed by atoms with van der Waals surface area (Å²) in [6, 6.07) is 7.01. The minimum Gasteiger partial charge on any atom is -0.497 e. The van der Waals surface area contributed by atoms with Crippen molar-refractivity contribution in [3.8, 4) is 11.5 Å². The second-order valence-electron chi connectivity index (χ2n) is 4.16. The number of hydrogen-bond donors (Lipinski definition) is 0. The normalized spacial score (nSPS) is 10.3. The maximum Gasteiger partial charge on any atom is 0.519 e. The zero-order chi connectivity index (χ0) is 14.5. The Morgan fingerprint density at radius 2 is 1.85 bits per heavy atom. The van der Waals surface area contributed by atoms with Crippen LogP contribution in [0.15, 0.2) is 44.5 Å². The van der Waals surface area contributed by atoms with Gasteiger partial charge in [0.1, 0.15) is 11.5 Å². The first kappa shape index (κ1) is 14.0. The molecule has 2 rings (SSSR count). The standard InChI is InChI=1S/C15H16O5/c1-4-5-13-14(20-15(16)19-13)10(2)18-12-8-6-11(17-3)7-9-12/h6-9H,2,4-5H2,1,3H3. The molecular formula is C15H16O5. The Morgan fingerprint density at radius 1 is 1.20 bits per heavy atom. The molecule has 0 atom stereocenters. The van der Waals surface area contributed by atoms with E-state index < -0.39 is 5.82 Å². The topological polar surface area (TPSA) is 61.8 Å². The lowest BCUT2D eigenvalue weighted by molar-refractivity contribution is 0.366. The molecule has 0 saturated heterocycles. The lowest BCUT2D eigenvalue weighted by Crippen LogP contribution is -1.96. The van der Waals surface area contributed by atoms with Crippen LogP contribution >= 0.6 is 0 Å². The molecule has 0 aliphatic heterocycles. The van der Waals surface area contributed by atoms with Gasteiger partial charge in [0.25, 0.3) is 0 Å². The molecule has 0 aliphatic carbocycles.